The second-order valence-corrected chi connectivity index (χ2v) is 6.11. The summed E-state index contributed by atoms with van der Waals surface area (Å²) in [6.07, 6.45) is 1.16. The van der Waals surface area contributed by atoms with E-state index in [0.29, 0.717) is 45.8 Å². The number of hydrogen-bond acceptors (Lipinski definition) is 4. The predicted molar refractivity (Wildman–Crippen MR) is 99.7 cm³/mol. The van der Waals surface area contributed by atoms with Gasteiger partial charge in [0.1, 0.15) is 19.0 Å². The van der Waals surface area contributed by atoms with E-state index in [-0.39, 0.29) is 5.91 Å². The van der Waals surface area contributed by atoms with Gasteiger partial charge in [-0.3, -0.25) is 4.79 Å². The Morgan fingerprint density at radius 3 is 2.69 bits per heavy atom. The van der Waals surface area contributed by atoms with Gasteiger partial charge in [0.15, 0.2) is 11.5 Å². The number of benzene rings is 2. The molecule has 1 aliphatic rings. The van der Waals surface area contributed by atoms with Crippen molar-refractivity contribution in [1.29, 1.82) is 0 Å². The van der Waals surface area contributed by atoms with E-state index >= 15 is 0 Å². The highest BCUT2D eigenvalue weighted by atomic mass is 16.6. The minimum absolute atomic E-state index is 0.124. The van der Waals surface area contributed by atoms with Crippen LogP contribution in [0.4, 0.5) is 0 Å². The van der Waals surface area contributed by atoms with Crippen molar-refractivity contribution in [1.82, 2.24) is 4.90 Å². The molecule has 2 aromatic carbocycles. The van der Waals surface area contributed by atoms with Gasteiger partial charge in [-0.15, -0.1) is 0 Å². The monoisotopic (exact) mass is 355 g/mol. The first-order valence-electron chi connectivity index (χ1n) is 9.11. The van der Waals surface area contributed by atoms with Crippen LogP contribution in [-0.4, -0.2) is 37.2 Å². The number of carbonyl (C=O) groups excluding carboxylic acids is 1. The average molecular weight is 355 g/mol. The smallest absolute Gasteiger partial charge is 0.222 e. The second kappa shape index (κ2) is 9.13. The van der Waals surface area contributed by atoms with Crippen LogP contribution in [0.2, 0.25) is 0 Å². The fourth-order valence-corrected chi connectivity index (χ4v) is 2.93. The summed E-state index contributed by atoms with van der Waals surface area (Å²) in [5, 5.41) is 0. The molecule has 3 rings (SSSR count). The third-order valence-electron chi connectivity index (χ3n) is 4.29. The Morgan fingerprint density at radius 1 is 1.08 bits per heavy atom. The number of ether oxygens (including phenoxy) is 3. The van der Waals surface area contributed by atoms with Gasteiger partial charge < -0.3 is 19.1 Å². The molecule has 1 amide bonds. The zero-order chi connectivity index (χ0) is 18.2. The molecule has 138 valence electrons. The number of hydrogen-bond donors (Lipinski definition) is 0. The van der Waals surface area contributed by atoms with Crippen molar-refractivity contribution in [2.24, 2.45) is 0 Å². The summed E-state index contributed by atoms with van der Waals surface area (Å²) in [7, 11) is 0. The highest BCUT2D eigenvalue weighted by Crippen LogP contribution is 2.34. The van der Waals surface area contributed by atoms with Crippen LogP contribution in [0.25, 0.3) is 0 Å². The summed E-state index contributed by atoms with van der Waals surface area (Å²) in [6.45, 7) is 4.82. The van der Waals surface area contributed by atoms with Gasteiger partial charge in [-0.1, -0.05) is 30.3 Å². The molecule has 0 N–H and O–H groups in total. The lowest BCUT2D eigenvalue weighted by molar-refractivity contribution is -0.131. The summed E-state index contributed by atoms with van der Waals surface area (Å²) in [4.78, 5) is 14.4. The van der Waals surface area contributed by atoms with E-state index in [1.165, 1.54) is 0 Å². The van der Waals surface area contributed by atoms with E-state index in [9.17, 15) is 4.79 Å². The summed E-state index contributed by atoms with van der Waals surface area (Å²) in [5.74, 6) is 2.48. The SMILES string of the molecule is CCN(Cc1cccc2c1OCCO2)C(=O)CCCOc1ccccc1. The average Bonchev–Trinajstić information content (AvgIpc) is 2.70. The molecule has 0 fully saturated rings. The van der Waals surface area contributed by atoms with Crippen LogP contribution >= 0.6 is 0 Å². The topological polar surface area (TPSA) is 48.0 Å². The summed E-state index contributed by atoms with van der Waals surface area (Å²) >= 11 is 0. The fourth-order valence-electron chi connectivity index (χ4n) is 2.93. The van der Waals surface area contributed by atoms with E-state index in [4.69, 9.17) is 14.2 Å². The normalized spacial score (nSPS) is 12.5. The van der Waals surface area contributed by atoms with Gasteiger partial charge in [-0.2, -0.15) is 0 Å². The van der Waals surface area contributed by atoms with Crippen LogP contribution in [0.15, 0.2) is 48.5 Å². The van der Waals surface area contributed by atoms with Gasteiger partial charge >= 0.3 is 0 Å². The van der Waals surface area contributed by atoms with E-state index in [2.05, 4.69) is 0 Å². The van der Waals surface area contributed by atoms with Crippen LogP contribution in [-0.2, 0) is 11.3 Å². The highest BCUT2D eigenvalue weighted by Gasteiger charge is 2.19. The molecular formula is C21H25NO4. The number of para-hydroxylation sites is 2. The molecule has 2 aromatic rings. The first kappa shape index (κ1) is 18.1. The molecule has 0 radical (unpaired) electrons. The summed E-state index contributed by atoms with van der Waals surface area (Å²) in [6, 6.07) is 15.5. The Balaban J connectivity index is 1.51. The molecule has 0 aromatic heterocycles. The summed E-state index contributed by atoms with van der Waals surface area (Å²) in [5.41, 5.74) is 0.984. The Morgan fingerprint density at radius 2 is 1.88 bits per heavy atom. The first-order valence-corrected chi connectivity index (χ1v) is 9.11. The molecule has 5 heteroatoms. The van der Waals surface area contributed by atoms with Crippen molar-refractivity contribution in [2.45, 2.75) is 26.3 Å². The minimum Gasteiger partial charge on any atom is -0.494 e. The molecular weight excluding hydrogens is 330 g/mol. The molecule has 1 heterocycles. The van der Waals surface area contributed by atoms with Gasteiger partial charge in [0, 0.05) is 25.1 Å². The van der Waals surface area contributed by atoms with Gasteiger partial charge in [-0.05, 0) is 31.5 Å². The van der Waals surface area contributed by atoms with Crippen molar-refractivity contribution in [3.05, 3.63) is 54.1 Å². The van der Waals surface area contributed by atoms with E-state index in [1.807, 2.05) is 60.4 Å². The third kappa shape index (κ3) is 4.69. The Bertz CT molecular complexity index is 717. The number of amides is 1. The first-order chi connectivity index (χ1) is 12.8. The van der Waals surface area contributed by atoms with E-state index in [0.717, 1.165) is 22.8 Å². The van der Waals surface area contributed by atoms with Gasteiger partial charge in [-0.25, -0.2) is 0 Å². The lowest BCUT2D eigenvalue weighted by atomic mass is 10.1. The number of carbonyl (C=O) groups is 1. The quantitative estimate of drug-likeness (QED) is 0.678. The molecule has 0 saturated carbocycles. The molecule has 0 aliphatic carbocycles. The zero-order valence-electron chi connectivity index (χ0n) is 15.1. The van der Waals surface area contributed by atoms with Crippen LogP contribution in [0.5, 0.6) is 17.2 Å². The minimum atomic E-state index is 0.124. The Labute approximate surface area is 154 Å². The van der Waals surface area contributed by atoms with Crippen molar-refractivity contribution in [2.75, 3.05) is 26.4 Å². The number of fused-ring (bicyclic) bond motifs is 1. The number of rotatable bonds is 8. The highest BCUT2D eigenvalue weighted by molar-refractivity contribution is 5.76. The van der Waals surface area contributed by atoms with Gasteiger partial charge in [0.2, 0.25) is 5.91 Å². The van der Waals surface area contributed by atoms with Crippen LogP contribution in [0, 0.1) is 0 Å². The maximum atomic E-state index is 12.6. The fraction of sp³-hybridized carbons (Fsp3) is 0.381. The van der Waals surface area contributed by atoms with E-state index < -0.39 is 0 Å². The van der Waals surface area contributed by atoms with Crippen molar-refractivity contribution in [3.63, 3.8) is 0 Å². The molecule has 0 unspecified atom stereocenters. The van der Waals surface area contributed by atoms with Crippen molar-refractivity contribution >= 4 is 5.91 Å². The lowest BCUT2D eigenvalue weighted by Gasteiger charge is -2.25. The van der Waals surface area contributed by atoms with Crippen LogP contribution < -0.4 is 14.2 Å². The van der Waals surface area contributed by atoms with Crippen LogP contribution in [0.1, 0.15) is 25.3 Å². The lowest BCUT2D eigenvalue weighted by Crippen LogP contribution is -2.31. The Hall–Kier alpha value is -2.69. The molecule has 26 heavy (non-hydrogen) atoms. The number of nitrogens with zero attached hydrogens (tertiary/aromatic N) is 1. The van der Waals surface area contributed by atoms with Gasteiger partial charge in [0.05, 0.1) is 6.61 Å². The second-order valence-electron chi connectivity index (χ2n) is 6.11. The molecule has 0 bridgehead atoms. The van der Waals surface area contributed by atoms with Crippen molar-refractivity contribution < 1.29 is 19.0 Å². The molecule has 1 aliphatic heterocycles. The summed E-state index contributed by atoms with van der Waals surface area (Å²) < 4.78 is 17.0. The van der Waals surface area contributed by atoms with Gasteiger partial charge in [0.25, 0.3) is 0 Å². The standard InChI is InChI=1S/C21H25NO4/c1-2-22(16-17-8-6-11-19-21(17)26-15-14-25-19)20(23)12-7-13-24-18-9-4-3-5-10-18/h3-6,8-11H,2,7,12-16H2,1H3. The molecule has 0 saturated heterocycles. The molecule has 0 atom stereocenters. The third-order valence-corrected chi connectivity index (χ3v) is 4.29. The predicted octanol–water partition coefficient (Wildman–Crippen LogP) is 3.67. The van der Waals surface area contributed by atoms with E-state index in [1.54, 1.807) is 0 Å². The van der Waals surface area contributed by atoms with Crippen molar-refractivity contribution in [3.8, 4) is 17.2 Å². The zero-order valence-corrected chi connectivity index (χ0v) is 15.1. The van der Waals surface area contributed by atoms with Crippen LogP contribution in [0.3, 0.4) is 0 Å². The Kier molecular flexibility index (Phi) is 6.36. The largest absolute Gasteiger partial charge is 0.494 e. The molecule has 5 nitrogen and oxygen atoms in total. The molecule has 0 spiro atoms. The maximum absolute atomic E-state index is 12.6. The maximum Gasteiger partial charge on any atom is 0.222 e.